The first kappa shape index (κ1) is 17.3. The fourth-order valence-electron chi connectivity index (χ4n) is 2.64. The number of ether oxygens (including phenoxy) is 1. The molecule has 1 saturated heterocycles. The number of nitrogens with zero attached hydrogens (tertiary/aromatic N) is 2. The quantitative estimate of drug-likeness (QED) is 0.772. The maximum Gasteiger partial charge on any atom is 0.270 e. The number of hydrogen-bond acceptors (Lipinski definition) is 6. The number of aromatic nitrogens is 1. The van der Waals surface area contributed by atoms with E-state index < -0.39 is 0 Å². The minimum atomic E-state index is -0.0987. The number of nitrogens with two attached hydrogens (primary N) is 1. The second kappa shape index (κ2) is 8.57. The molecular weight excluding hydrogens is 300 g/mol. The van der Waals surface area contributed by atoms with Gasteiger partial charge >= 0.3 is 0 Å². The van der Waals surface area contributed by atoms with E-state index >= 15 is 0 Å². The molecule has 0 spiro atoms. The second-order valence-electron chi connectivity index (χ2n) is 5.83. The second-order valence-corrected chi connectivity index (χ2v) is 6.78. The fraction of sp³-hybridized carbons (Fsp3) is 0.733. The van der Waals surface area contributed by atoms with Gasteiger partial charge in [-0.25, -0.2) is 4.98 Å². The van der Waals surface area contributed by atoms with Crippen molar-refractivity contribution < 1.29 is 9.53 Å². The van der Waals surface area contributed by atoms with Crippen molar-refractivity contribution in [1.29, 1.82) is 0 Å². The molecule has 22 heavy (non-hydrogen) atoms. The molecule has 0 radical (unpaired) electrons. The van der Waals surface area contributed by atoms with Crippen LogP contribution in [-0.2, 0) is 11.2 Å². The van der Waals surface area contributed by atoms with E-state index in [0.717, 1.165) is 37.7 Å². The van der Waals surface area contributed by atoms with Crippen LogP contribution in [0, 0.1) is 5.92 Å². The molecule has 0 saturated carbocycles. The van der Waals surface area contributed by atoms with Crippen molar-refractivity contribution in [1.82, 2.24) is 15.2 Å². The van der Waals surface area contributed by atoms with Crippen molar-refractivity contribution in [3.05, 3.63) is 16.1 Å². The standard InChI is InChI=1S/C15H26N4O2S/c1-11(2)13(19-5-7-21-8-6-19)9-17-15(20)12-10-22-14(18-12)3-4-16/h10-11,13H,3-9,16H2,1-2H3,(H,17,20). The van der Waals surface area contributed by atoms with Gasteiger partial charge in [0.1, 0.15) is 5.69 Å². The maximum atomic E-state index is 12.2. The molecule has 3 N–H and O–H groups in total. The van der Waals surface area contributed by atoms with Crippen LogP contribution in [0.3, 0.4) is 0 Å². The summed E-state index contributed by atoms with van der Waals surface area (Å²) in [6.45, 7) is 8.97. The Balaban J connectivity index is 1.88. The predicted octanol–water partition coefficient (Wildman–Crippen LogP) is 0.731. The summed E-state index contributed by atoms with van der Waals surface area (Å²) in [5, 5.41) is 5.75. The van der Waals surface area contributed by atoms with Crippen molar-refractivity contribution in [2.75, 3.05) is 39.4 Å². The van der Waals surface area contributed by atoms with Crippen LogP contribution >= 0.6 is 11.3 Å². The van der Waals surface area contributed by atoms with Gasteiger partial charge in [0.15, 0.2) is 0 Å². The first-order valence-corrected chi connectivity index (χ1v) is 8.74. The van der Waals surface area contributed by atoms with Gasteiger partial charge in [0.25, 0.3) is 5.91 Å². The first-order chi connectivity index (χ1) is 10.6. The highest BCUT2D eigenvalue weighted by Gasteiger charge is 2.24. The minimum Gasteiger partial charge on any atom is -0.379 e. The highest BCUT2D eigenvalue weighted by Crippen LogP contribution is 2.13. The Kier molecular flexibility index (Phi) is 6.75. The average Bonchev–Trinajstić information content (AvgIpc) is 2.97. The number of thiazole rings is 1. The first-order valence-electron chi connectivity index (χ1n) is 7.86. The van der Waals surface area contributed by atoms with Gasteiger partial charge in [-0.1, -0.05) is 13.8 Å². The summed E-state index contributed by atoms with van der Waals surface area (Å²) >= 11 is 1.49. The molecule has 7 heteroatoms. The topological polar surface area (TPSA) is 80.5 Å². The average molecular weight is 326 g/mol. The monoisotopic (exact) mass is 326 g/mol. The molecule has 0 aromatic carbocycles. The van der Waals surface area contributed by atoms with Crippen LogP contribution in [0.4, 0.5) is 0 Å². The van der Waals surface area contributed by atoms with Gasteiger partial charge in [-0.3, -0.25) is 9.69 Å². The van der Waals surface area contributed by atoms with Gasteiger partial charge in [-0.2, -0.15) is 0 Å². The highest BCUT2D eigenvalue weighted by atomic mass is 32.1. The van der Waals surface area contributed by atoms with Crippen molar-refractivity contribution >= 4 is 17.2 Å². The summed E-state index contributed by atoms with van der Waals surface area (Å²) in [5.41, 5.74) is 6.01. The van der Waals surface area contributed by atoms with E-state index in [1.54, 1.807) is 5.38 Å². The zero-order valence-corrected chi connectivity index (χ0v) is 14.2. The maximum absolute atomic E-state index is 12.2. The van der Waals surface area contributed by atoms with Crippen LogP contribution in [0.2, 0.25) is 0 Å². The summed E-state index contributed by atoms with van der Waals surface area (Å²) in [6.07, 6.45) is 0.723. The van der Waals surface area contributed by atoms with Crippen LogP contribution in [-0.4, -0.2) is 61.2 Å². The SMILES string of the molecule is CC(C)C(CNC(=O)c1csc(CCN)n1)N1CCOCC1. The Bertz CT molecular complexity index is 472. The van der Waals surface area contributed by atoms with Crippen molar-refractivity contribution in [2.45, 2.75) is 26.3 Å². The number of rotatable bonds is 7. The summed E-state index contributed by atoms with van der Waals surface area (Å²) < 4.78 is 5.40. The van der Waals surface area contributed by atoms with Crippen molar-refractivity contribution in [2.24, 2.45) is 11.7 Å². The lowest BCUT2D eigenvalue weighted by Crippen LogP contribution is -2.51. The molecule has 1 aliphatic heterocycles. The van der Waals surface area contributed by atoms with Crippen LogP contribution in [0.25, 0.3) is 0 Å². The molecule has 2 rings (SSSR count). The number of hydrogen-bond donors (Lipinski definition) is 2. The number of carbonyl (C=O) groups excluding carboxylic acids is 1. The van der Waals surface area contributed by atoms with E-state index in [0.29, 0.717) is 30.7 Å². The molecule has 124 valence electrons. The molecular formula is C15H26N4O2S. The number of morpholine rings is 1. The molecule has 0 bridgehead atoms. The Labute approximate surface area is 136 Å². The van der Waals surface area contributed by atoms with E-state index in [9.17, 15) is 4.79 Å². The number of amides is 1. The molecule has 6 nitrogen and oxygen atoms in total. The molecule has 1 aromatic heterocycles. The Morgan fingerprint density at radius 2 is 2.23 bits per heavy atom. The van der Waals surface area contributed by atoms with E-state index in [-0.39, 0.29) is 5.91 Å². The zero-order valence-electron chi connectivity index (χ0n) is 13.4. The van der Waals surface area contributed by atoms with Crippen molar-refractivity contribution in [3.63, 3.8) is 0 Å². The van der Waals surface area contributed by atoms with Crippen LogP contribution in [0.1, 0.15) is 29.3 Å². The van der Waals surface area contributed by atoms with E-state index in [2.05, 4.69) is 29.0 Å². The smallest absolute Gasteiger partial charge is 0.270 e. The lowest BCUT2D eigenvalue weighted by Gasteiger charge is -2.36. The van der Waals surface area contributed by atoms with Gasteiger partial charge in [0, 0.05) is 37.5 Å². The minimum absolute atomic E-state index is 0.0987. The molecule has 0 aliphatic carbocycles. The zero-order chi connectivity index (χ0) is 15.9. The molecule has 1 fully saturated rings. The third-order valence-electron chi connectivity index (χ3n) is 3.90. The molecule has 1 aliphatic rings. The fourth-order valence-corrected chi connectivity index (χ4v) is 3.43. The summed E-state index contributed by atoms with van der Waals surface area (Å²) in [6, 6.07) is 0.329. The van der Waals surface area contributed by atoms with E-state index in [1.807, 2.05) is 0 Å². The highest BCUT2D eigenvalue weighted by molar-refractivity contribution is 7.09. The van der Waals surface area contributed by atoms with Gasteiger partial charge < -0.3 is 15.8 Å². The van der Waals surface area contributed by atoms with Crippen molar-refractivity contribution in [3.8, 4) is 0 Å². The predicted molar refractivity (Wildman–Crippen MR) is 88.2 cm³/mol. The van der Waals surface area contributed by atoms with Crippen LogP contribution in [0.15, 0.2) is 5.38 Å². The lowest BCUT2D eigenvalue weighted by molar-refractivity contribution is 0.00671. The summed E-state index contributed by atoms with van der Waals surface area (Å²) in [7, 11) is 0. The lowest BCUT2D eigenvalue weighted by atomic mass is 10.0. The van der Waals surface area contributed by atoms with Crippen LogP contribution in [0.5, 0.6) is 0 Å². The summed E-state index contributed by atoms with van der Waals surface area (Å²) in [5.74, 6) is 0.375. The number of nitrogens with one attached hydrogen (secondary N) is 1. The van der Waals surface area contributed by atoms with Gasteiger partial charge in [-0.05, 0) is 12.5 Å². The Hall–Kier alpha value is -1.02. The van der Waals surface area contributed by atoms with Gasteiger partial charge in [0.05, 0.1) is 18.2 Å². The van der Waals surface area contributed by atoms with E-state index in [1.165, 1.54) is 11.3 Å². The normalized spacial score (nSPS) is 17.6. The third-order valence-corrected chi connectivity index (χ3v) is 4.81. The summed E-state index contributed by atoms with van der Waals surface area (Å²) in [4.78, 5) is 19.0. The van der Waals surface area contributed by atoms with Gasteiger partial charge in [0.2, 0.25) is 0 Å². The number of carbonyl (C=O) groups is 1. The Morgan fingerprint density at radius 1 is 1.50 bits per heavy atom. The molecule has 1 amide bonds. The molecule has 1 unspecified atom stereocenters. The van der Waals surface area contributed by atoms with Gasteiger partial charge in [-0.15, -0.1) is 11.3 Å². The molecule has 2 heterocycles. The molecule has 1 atom stereocenters. The third kappa shape index (κ3) is 4.74. The Morgan fingerprint density at radius 3 is 2.86 bits per heavy atom. The molecule has 1 aromatic rings. The van der Waals surface area contributed by atoms with E-state index in [4.69, 9.17) is 10.5 Å². The largest absolute Gasteiger partial charge is 0.379 e. The van der Waals surface area contributed by atoms with Crippen LogP contribution < -0.4 is 11.1 Å².